The van der Waals surface area contributed by atoms with Crippen molar-refractivity contribution in [3.8, 4) is 0 Å². The van der Waals surface area contributed by atoms with Crippen molar-refractivity contribution >= 4 is 35.1 Å². The molecule has 1 aliphatic rings. The van der Waals surface area contributed by atoms with E-state index in [0.29, 0.717) is 6.04 Å². The van der Waals surface area contributed by atoms with Gasteiger partial charge < -0.3 is 4.98 Å². The number of fused-ring (bicyclic) bond motifs is 1. The fourth-order valence-corrected chi connectivity index (χ4v) is 4.79. The molecule has 110 valence electrons. The van der Waals surface area contributed by atoms with Gasteiger partial charge in [-0.25, -0.2) is 4.68 Å². The zero-order chi connectivity index (χ0) is 14.3. The molecule has 0 radical (unpaired) electrons. The van der Waals surface area contributed by atoms with Crippen LogP contribution in [0.4, 0.5) is 0 Å². The predicted octanol–water partition coefficient (Wildman–Crippen LogP) is 4.07. The standard InChI is InChI=1S/C14H22N4S2/c1-4-17-13-12(9(3)16-17)15-14(19)18(13)10-6-7-11(8-10)20-5-2/h10-11H,4-8H2,1-3H3,(H,15,19). The first kappa shape index (κ1) is 14.2. The summed E-state index contributed by atoms with van der Waals surface area (Å²) in [5.41, 5.74) is 3.34. The minimum atomic E-state index is 0.529. The highest BCUT2D eigenvalue weighted by Crippen LogP contribution is 2.38. The number of aromatic nitrogens is 4. The molecule has 1 aliphatic carbocycles. The van der Waals surface area contributed by atoms with Crippen molar-refractivity contribution in [2.24, 2.45) is 0 Å². The first-order chi connectivity index (χ1) is 9.65. The third-order valence-electron chi connectivity index (χ3n) is 4.20. The Bertz CT molecular complexity index is 667. The second-order valence-electron chi connectivity index (χ2n) is 5.44. The predicted molar refractivity (Wildman–Crippen MR) is 88.1 cm³/mol. The molecule has 20 heavy (non-hydrogen) atoms. The lowest BCUT2D eigenvalue weighted by atomic mass is 10.2. The summed E-state index contributed by atoms with van der Waals surface area (Å²) in [4.78, 5) is 3.36. The number of rotatable bonds is 4. The van der Waals surface area contributed by atoms with Gasteiger partial charge in [0.05, 0.1) is 5.69 Å². The smallest absolute Gasteiger partial charge is 0.179 e. The highest BCUT2D eigenvalue weighted by Gasteiger charge is 2.29. The van der Waals surface area contributed by atoms with Gasteiger partial charge in [-0.3, -0.25) is 4.57 Å². The van der Waals surface area contributed by atoms with E-state index in [1.807, 2.05) is 0 Å². The van der Waals surface area contributed by atoms with Crippen molar-refractivity contribution in [3.63, 3.8) is 0 Å². The number of thioether (sulfide) groups is 1. The molecule has 2 aromatic heterocycles. The highest BCUT2D eigenvalue weighted by atomic mass is 32.2. The van der Waals surface area contributed by atoms with Crippen LogP contribution in [0.3, 0.4) is 0 Å². The molecule has 0 spiro atoms. The van der Waals surface area contributed by atoms with E-state index < -0.39 is 0 Å². The summed E-state index contributed by atoms with van der Waals surface area (Å²) >= 11 is 7.66. The Morgan fingerprint density at radius 1 is 1.40 bits per heavy atom. The molecule has 0 aliphatic heterocycles. The van der Waals surface area contributed by atoms with Crippen molar-refractivity contribution in [2.45, 2.75) is 57.9 Å². The van der Waals surface area contributed by atoms with Gasteiger partial charge in [-0.15, -0.1) is 0 Å². The van der Waals surface area contributed by atoms with Gasteiger partial charge in [0.25, 0.3) is 0 Å². The Morgan fingerprint density at radius 2 is 2.20 bits per heavy atom. The Balaban J connectivity index is 2.03. The van der Waals surface area contributed by atoms with E-state index in [0.717, 1.165) is 27.8 Å². The Labute approximate surface area is 128 Å². The largest absolute Gasteiger partial charge is 0.328 e. The minimum Gasteiger partial charge on any atom is -0.328 e. The molecule has 3 rings (SSSR count). The summed E-state index contributed by atoms with van der Waals surface area (Å²) in [5, 5.41) is 5.40. The second kappa shape index (κ2) is 5.56. The zero-order valence-corrected chi connectivity index (χ0v) is 14.0. The van der Waals surface area contributed by atoms with E-state index in [1.165, 1.54) is 30.7 Å². The van der Waals surface area contributed by atoms with Crippen LogP contribution in [-0.2, 0) is 6.54 Å². The van der Waals surface area contributed by atoms with Gasteiger partial charge in [0.1, 0.15) is 5.52 Å². The molecule has 0 saturated heterocycles. The second-order valence-corrected chi connectivity index (χ2v) is 7.41. The molecule has 1 fully saturated rings. The number of nitrogens with zero attached hydrogens (tertiary/aromatic N) is 3. The first-order valence-electron chi connectivity index (χ1n) is 7.44. The number of H-pyrrole nitrogens is 1. The molecule has 6 heteroatoms. The number of nitrogens with one attached hydrogen (secondary N) is 1. The third kappa shape index (κ3) is 2.22. The molecule has 2 atom stereocenters. The Kier molecular flexibility index (Phi) is 3.95. The van der Waals surface area contributed by atoms with Gasteiger partial charge in [0.2, 0.25) is 0 Å². The molecule has 2 unspecified atom stereocenters. The Hall–Kier alpha value is -0.750. The van der Waals surface area contributed by atoms with E-state index in [4.69, 9.17) is 12.2 Å². The fourth-order valence-electron chi connectivity index (χ4n) is 3.32. The van der Waals surface area contributed by atoms with Crippen LogP contribution in [0.5, 0.6) is 0 Å². The maximum Gasteiger partial charge on any atom is 0.179 e. The van der Waals surface area contributed by atoms with E-state index >= 15 is 0 Å². The summed E-state index contributed by atoms with van der Waals surface area (Å²) in [7, 11) is 0. The normalized spacial score (nSPS) is 22.9. The molecule has 0 amide bonds. The summed E-state index contributed by atoms with van der Waals surface area (Å²) < 4.78 is 5.26. The molecule has 2 aromatic rings. The highest BCUT2D eigenvalue weighted by molar-refractivity contribution is 7.99. The van der Waals surface area contributed by atoms with Crippen LogP contribution < -0.4 is 0 Å². The average molecular weight is 310 g/mol. The summed E-state index contributed by atoms with van der Waals surface area (Å²) in [5.74, 6) is 1.21. The van der Waals surface area contributed by atoms with E-state index in [2.05, 4.69) is 51.9 Å². The zero-order valence-electron chi connectivity index (χ0n) is 12.3. The van der Waals surface area contributed by atoms with Crippen LogP contribution in [0.2, 0.25) is 0 Å². The van der Waals surface area contributed by atoms with Gasteiger partial charge in [-0.1, -0.05) is 6.92 Å². The lowest BCUT2D eigenvalue weighted by Crippen LogP contribution is -2.10. The average Bonchev–Trinajstić information content (AvgIpc) is 3.07. The number of aryl methyl sites for hydroxylation is 2. The number of aromatic amines is 1. The van der Waals surface area contributed by atoms with Crippen molar-refractivity contribution in [2.75, 3.05) is 5.75 Å². The topological polar surface area (TPSA) is 38.5 Å². The maximum absolute atomic E-state index is 5.57. The fraction of sp³-hybridized carbons (Fsp3) is 0.714. The monoisotopic (exact) mass is 310 g/mol. The van der Waals surface area contributed by atoms with Crippen molar-refractivity contribution in [3.05, 3.63) is 10.5 Å². The van der Waals surface area contributed by atoms with E-state index in [9.17, 15) is 0 Å². The van der Waals surface area contributed by atoms with Crippen molar-refractivity contribution < 1.29 is 0 Å². The maximum atomic E-state index is 5.57. The minimum absolute atomic E-state index is 0.529. The molecule has 0 bridgehead atoms. The molecule has 4 nitrogen and oxygen atoms in total. The summed E-state index contributed by atoms with van der Waals surface area (Å²) in [6.45, 7) is 7.32. The summed E-state index contributed by atoms with van der Waals surface area (Å²) in [6.07, 6.45) is 3.76. The summed E-state index contributed by atoms with van der Waals surface area (Å²) in [6, 6.07) is 0.529. The molecule has 0 aromatic carbocycles. The van der Waals surface area contributed by atoms with Gasteiger partial charge in [0.15, 0.2) is 10.4 Å². The van der Waals surface area contributed by atoms with Gasteiger partial charge >= 0.3 is 0 Å². The SMILES string of the molecule is CCSC1CCC(n2c(=S)[nH]c3c(C)nn(CC)c32)C1. The van der Waals surface area contributed by atoms with Crippen LogP contribution in [0.15, 0.2) is 0 Å². The quantitative estimate of drug-likeness (QED) is 0.865. The molecular formula is C14H22N4S2. The van der Waals surface area contributed by atoms with Gasteiger partial charge in [-0.05, 0) is 51.1 Å². The van der Waals surface area contributed by atoms with Crippen LogP contribution in [0.1, 0.15) is 44.8 Å². The van der Waals surface area contributed by atoms with Crippen LogP contribution in [0, 0.1) is 11.7 Å². The number of imidazole rings is 1. The third-order valence-corrected chi connectivity index (χ3v) is 5.74. The van der Waals surface area contributed by atoms with Gasteiger partial charge in [-0.2, -0.15) is 16.9 Å². The number of hydrogen-bond acceptors (Lipinski definition) is 3. The molecule has 2 heterocycles. The molecular weight excluding hydrogens is 288 g/mol. The Morgan fingerprint density at radius 3 is 2.90 bits per heavy atom. The van der Waals surface area contributed by atoms with Crippen molar-refractivity contribution in [1.29, 1.82) is 0 Å². The molecule has 1 N–H and O–H groups in total. The van der Waals surface area contributed by atoms with Crippen LogP contribution in [0.25, 0.3) is 11.2 Å². The molecule has 1 saturated carbocycles. The van der Waals surface area contributed by atoms with Crippen molar-refractivity contribution in [1.82, 2.24) is 19.3 Å². The van der Waals surface area contributed by atoms with Crippen LogP contribution in [-0.4, -0.2) is 30.3 Å². The van der Waals surface area contributed by atoms with E-state index in [1.54, 1.807) is 0 Å². The first-order valence-corrected chi connectivity index (χ1v) is 8.90. The van der Waals surface area contributed by atoms with Crippen LogP contribution >= 0.6 is 24.0 Å². The number of hydrogen-bond donors (Lipinski definition) is 1. The van der Waals surface area contributed by atoms with E-state index in [-0.39, 0.29) is 0 Å². The van der Waals surface area contributed by atoms with Gasteiger partial charge in [0, 0.05) is 17.8 Å². The lowest BCUT2D eigenvalue weighted by Gasteiger charge is -2.14. The lowest BCUT2D eigenvalue weighted by molar-refractivity contribution is 0.509.